The van der Waals surface area contributed by atoms with E-state index in [0.717, 1.165) is 16.4 Å². The fourth-order valence-electron chi connectivity index (χ4n) is 1.75. The molecule has 112 valence electrons. The maximum Gasteiger partial charge on any atom is 0.250 e. The first-order valence-corrected chi connectivity index (χ1v) is 7.81. The Kier molecular flexibility index (Phi) is 4.54. The third-order valence-electron chi connectivity index (χ3n) is 2.90. The number of thiazole rings is 1. The molecule has 0 aliphatic heterocycles. The van der Waals surface area contributed by atoms with Crippen LogP contribution in [-0.2, 0) is 12.0 Å². The number of carbonyl (C=O) groups is 1. The zero-order valence-electron chi connectivity index (χ0n) is 12.2. The Morgan fingerprint density at radius 1 is 1.43 bits per heavy atom. The molecule has 0 unspecified atom stereocenters. The normalized spacial score (nSPS) is 11.4. The average Bonchev–Trinajstić information content (AvgIpc) is 2.84. The van der Waals surface area contributed by atoms with Crippen LogP contribution in [0.3, 0.4) is 0 Å². The molecular weight excluding hydrogens is 306 g/mol. The van der Waals surface area contributed by atoms with Gasteiger partial charge in [0.25, 0.3) is 0 Å². The van der Waals surface area contributed by atoms with Crippen molar-refractivity contribution in [3.05, 3.63) is 44.9 Å². The van der Waals surface area contributed by atoms with Crippen LogP contribution in [0.25, 0.3) is 0 Å². The zero-order chi connectivity index (χ0) is 15.6. The Bertz CT molecular complexity index is 661. The van der Waals surface area contributed by atoms with E-state index in [-0.39, 0.29) is 5.41 Å². The van der Waals surface area contributed by atoms with Crippen LogP contribution in [0.4, 0.5) is 5.69 Å². The lowest BCUT2D eigenvalue weighted by Gasteiger charge is -2.13. The molecule has 21 heavy (non-hydrogen) atoms. The number of anilines is 1. The number of halogens is 1. The van der Waals surface area contributed by atoms with Gasteiger partial charge in [0.2, 0.25) is 5.91 Å². The summed E-state index contributed by atoms with van der Waals surface area (Å²) in [6.07, 6.45) is 0. The van der Waals surface area contributed by atoms with Gasteiger partial charge in [-0.1, -0.05) is 32.4 Å². The lowest BCUT2D eigenvalue weighted by Crippen LogP contribution is -2.12. The van der Waals surface area contributed by atoms with Crippen molar-refractivity contribution in [3.63, 3.8) is 0 Å². The first-order chi connectivity index (χ1) is 9.77. The number of hydrogen-bond donors (Lipinski definition) is 2. The molecule has 0 fully saturated rings. The summed E-state index contributed by atoms with van der Waals surface area (Å²) in [5, 5.41) is 6.75. The Hall–Kier alpha value is -1.59. The maximum absolute atomic E-state index is 11.1. The monoisotopic (exact) mass is 323 g/mol. The van der Waals surface area contributed by atoms with E-state index in [2.05, 4.69) is 31.1 Å². The topological polar surface area (TPSA) is 68.0 Å². The molecule has 3 N–H and O–H groups in total. The Morgan fingerprint density at radius 2 is 2.14 bits per heavy atom. The van der Waals surface area contributed by atoms with Gasteiger partial charge in [0.05, 0.1) is 27.8 Å². The van der Waals surface area contributed by atoms with Gasteiger partial charge in [-0.3, -0.25) is 4.79 Å². The lowest BCUT2D eigenvalue weighted by atomic mass is 9.98. The van der Waals surface area contributed by atoms with Gasteiger partial charge < -0.3 is 11.1 Å². The largest absolute Gasteiger partial charge is 0.379 e. The summed E-state index contributed by atoms with van der Waals surface area (Å²) in [5.41, 5.74) is 7.43. The summed E-state index contributed by atoms with van der Waals surface area (Å²) < 4.78 is 0. The standard InChI is InChI=1S/C15H18ClN3OS/c1-15(2,3)14-19-10(8-21-14)7-18-9-4-5-11(13(17)20)12(16)6-9/h4-6,8,18H,7H2,1-3H3,(H2,17,20). The highest BCUT2D eigenvalue weighted by molar-refractivity contribution is 7.09. The molecule has 1 aromatic heterocycles. The molecule has 2 aromatic rings. The molecule has 4 nitrogen and oxygen atoms in total. The number of nitrogens with one attached hydrogen (secondary N) is 1. The zero-order valence-corrected chi connectivity index (χ0v) is 13.8. The summed E-state index contributed by atoms with van der Waals surface area (Å²) in [4.78, 5) is 15.7. The second kappa shape index (κ2) is 6.03. The highest BCUT2D eigenvalue weighted by Gasteiger charge is 2.17. The molecule has 1 aromatic carbocycles. The number of amides is 1. The highest BCUT2D eigenvalue weighted by Crippen LogP contribution is 2.26. The van der Waals surface area contributed by atoms with E-state index in [1.54, 1.807) is 29.5 Å². The minimum atomic E-state index is -0.527. The second-order valence-electron chi connectivity index (χ2n) is 5.81. The Morgan fingerprint density at radius 3 is 2.67 bits per heavy atom. The summed E-state index contributed by atoms with van der Waals surface area (Å²) in [6.45, 7) is 7.04. The lowest BCUT2D eigenvalue weighted by molar-refractivity contribution is 0.100. The molecule has 0 atom stereocenters. The van der Waals surface area contributed by atoms with Gasteiger partial charge in [-0.25, -0.2) is 4.98 Å². The fourth-order valence-corrected chi connectivity index (χ4v) is 2.93. The van der Waals surface area contributed by atoms with Crippen LogP contribution in [-0.4, -0.2) is 10.9 Å². The van der Waals surface area contributed by atoms with Crippen molar-refractivity contribution in [2.75, 3.05) is 5.32 Å². The molecule has 0 aliphatic rings. The van der Waals surface area contributed by atoms with Crippen LogP contribution in [0.5, 0.6) is 0 Å². The summed E-state index contributed by atoms with van der Waals surface area (Å²) in [7, 11) is 0. The predicted octanol–water partition coefficient (Wildman–Crippen LogP) is 3.81. The van der Waals surface area contributed by atoms with Crippen molar-refractivity contribution in [3.8, 4) is 0 Å². The van der Waals surface area contributed by atoms with Crippen molar-refractivity contribution in [2.24, 2.45) is 5.73 Å². The number of hydrogen-bond acceptors (Lipinski definition) is 4. The van der Waals surface area contributed by atoms with Crippen LogP contribution in [0.1, 0.15) is 41.8 Å². The maximum atomic E-state index is 11.1. The summed E-state index contributed by atoms with van der Waals surface area (Å²) in [5.74, 6) is -0.527. The van der Waals surface area contributed by atoms with Gasteiger partial charge in [0.15, 0.2) is 0 Å². The van der Waals surface area contributed by atoms with E-state index >= 15 is 0 Å². The number of primary amides is 1. The van der Waals surface area contributed by atoms with Crippen LogP contribution < -0.4 is 11.1 Å². The second-order valence-corrected chi connectivity index (χ2v) is 7.07. The van der Waals surface area contributed by atoms with Gasteiger partial charge in [0.1, 0.15) is 0 Å². The number of carbonyl (C=O) groups excluding carboxylic acids is 1. The van der Waals surface area contributed by atoms with Crippen molar-refractivity contribution in [1.82, 2.24) is 4.98 Å². The average molecular weight is 324 g/mol. The molecule has 1 amide bonds. The van der Waals surface area contributed by atoms with E-state index in [0.29, 0.717) is 17.1 Å². The van der Waals surface area contributed by atoms with Crippen molar-refractivity contribution in [1.29, 1.82) is 0 Å². The minimum Gasteiger partial charge on any atom is -0.379 e. The fraction of sp³-hybridized carbons (Fsp3) is 0.333. The third kappa shape index (κ3) is 3.95. The Balaban J connectivity index is 2.05. The minimum absolute atomic E-state index is 0.0648. The van der Waals surface area contributed by atoms with Gasteiger partial charge in [-0.15, -0.1) is 11.3 Å². The van der Waals surface area contributed by atoms with Crippen molar-refractivity contribution >= 4 is 34.5 Å². The molecular formula is C15H18ClN3OS. The molecule has 0 radical (unpaired) electrons. The van der Waals surface area contributed by atoms with Gasteiger partial charge in [0, 0.05) is 16.5 Å². The molecule has 1 heterocycles. The van der Waals surface area contributed by atoms with E-state index in [1.807, 2.05) is 5.38 Å². The summed E-state index contributed by atoms with van der Waals surface area (Å²) >= 11 is 7.68. The van der Waals surface area contributed by atoms with E-state index in [9.17, 15) is 4.79 Å². The first kappa shape index (κ1) is 15.8. The molecule has 0 aliphatic carbocycles. The van der Waals surface area contributed by atoms with Gasteiger partial charge in [-0.2, -0.15) is 0 Å². The van der Waals surface area contributed by atoms with Gasteiger partial charge >= 0.3 is 0 Å². The molecule has 0 spiro atoms. The third-order valence-corrected chi connectivity index (χ3v) is 4.53. The van der Waals surface area contributed by atoms with E-state index in [1.165, 1.54) is 0 Å². The molecule has 2 rings (SSSR count). The summed E-state index contributed by atoms with van der Waals surface area (Å²) in [6, 6.07) is 5.09. The number of aromatic nitrogens is 1. The van der Waals surface area contributed by atoms with Crippen molar-refractivity contribution in [2.45, 2.75) is 32.7 Å². The predicted molar refractivity (Wildman–Crippen MR) is 88.1 cm³/mol. The van der Waals surface area contributed by atoms with Gasteiger partial charge in [-0.05, 0) is 18.2 Å². The quantitative estimate of drug-likeness (QED) is 0.899. The number of nitrogens with two attached hydrogens (primary N) is 1. The molecule has 6 heteroatoms. The number of benzene rings is 1. The van der Waals surface area contributed by atoms with Crippen LogP contribution >= 0.6 is 22.9 Å². The molecule has 0 saturated heterocycles. The van der Waals surface area contributed by atoms with Crippen LogP contribution in [0.2, 0.25) is 5.02 Å². The van der Waals surface area contributed by atoms with E-state index < -0.39 is 5.91 Å². The SMILES string of the molecule is CC(C)(C)c1nc(CNc2ccc(C(N)=O)c(Cl)c2)cs1. The molecule has 0 bridgehead atoms. The van der Waals surface area contributed by atoms with Crippen molar-refractivity contribution < 1.29 is 4.79 Å². The number of rotatable bonds is 4. The number of nitrogens with zero attached hydrogens (tertiary/aromatic N) is 1. The smallest absolute Gasteiger partial charge is 0.250 e. The Labute approximate surface area is 133 Å². The first-order valence-electron chi connectivity index (χ1n) is 6.55. The highest BCUT2D eigenvalue weighted by atomic mass is 35.5. The van der Waals surface area contributed by atoms with E-state index in [4.69, 9.17) is 17.3 Å². The molecule has 0 saturated carbocycles. The van der Waals surface area contributed by atoms with Crippen LogP contribution in [0, 0.1) is 0 Å². The van der Waals surface area contributed by atoms with Crippen LogP contribution in [0.15, 0.2) is 23.6 Å².